The number of hydrogen-bond acceptors (Lipinski definition) is 5. The number of rotatable bonds is 3. The first-order valence-corrected chi connectivity index (χ1v) is 6.74. The Morgan fingerprint density at radius 3 is 2.95 bits per heavy atom. The SMILES string of the molecule is Nc1cc2c(cc1C(=O)O)N(CC1CCOC1)C(=O)CO2. The average Bonchev–Trinajstić information content (AvgIpc) is 2.94. The molecule has 0 saturated carbocycles. The van der Waals surface area contributed by atoms with Crippen LogP contribution < -0.4 is 15.4 Å². The normalized spacial score (nSPS) is 21.0. The predicted molar refractivity (Wildman–Crippen MR) is 74.6 cm³/mol. The van der Waals surface area contributed by atoms with Crippen LogP contribution in [-0.4, -0.2) is 43.3 Å². The third-order valence-electron chi connectivity index (χ3n) is 3.77. The topological polar surface area (TPSA) is 102 Å². The van der Waals surface area contributed by atoms with Crippen LogP contribution in [0, 0.1) is 5.92 Å². The molecule has 112 valence electrons. The average molecular weight is 292 g/mol. The summed E-state index contributed by atoms with van der Waals surface area (Å²) in [5.41, 5.74) is 6.26. The van der Waals surface area contributed by atoms with Crippen molar-refractivity contribution < 1.29 is 24.2 Å². The molecule has 2 aliphatic rings. The van der Waals surface area contributed by atoms with Gasteiger partial charge >= 0.3 is 5.97 Å². The molecule has 1 atom stereocenters. The number of aromatic carboxylic acids is 1. The van der Waals surface area contributed by atoms with Crippen molar-refractivity contribution in [3.63, 3.8) is 0 Å². The maximum atomic E-state index is 12.1. The molecule has 1 unspecified atom stereocenters. The fourth-order valence-electron chi connectivity index (χ4n) is 2.63. The van der Waals surface area contributed by atoms with Gasteiger partial charge < -0.3 is 25.2 Å². The van der Waals surface area contributed by atoms with Crippen LogP contribution in [0.5, 0.6) is 5.75 Å². The van der Waals surface area contributed by atoms with E-state index in [0.717, 1.165) is 6.42 Å². The van der Waals surface area contributed by atoms with Gasteiger partial charge in [-0.15, -0.1) is 0 Å². The van der Waals surface area contributed by atoms with Crippen molar-refractivity contribution in [2.24, 2.45) is 5.92 Å². The highest BCUT2D eigenvalue weighted by atomic mass is 16.5. The molecule has 3 rings (SSSR count). The molecule has 1 amide bonds. The van der Waals surface area contributed by atoms with Crippen molar-refractivity contribution >= 4 is 23.3 Å². The van der Waals surface area contributed by atoms with Crippen LogP contribution in [0.2, 0.25) is 0 Å². The Labute approximate surface area is 121 Å². The van der Waals surface area contributed by atoms with E-state index in [2.05, 4.69) is 0 Å². The summed E-state index contributed by atoms with van der Waals surface area (Å²) in [6, 6.07) is 2.86. The van der Waals surface area contributed by atoms with E-state index in [1.807, 2.05) is 0 Å². The number of carboxylic acids is 1. The van der Waals surface area contributed by atoms with Gasteiger partial charge in [0.2, 0.25) is 0 Å². The molecule has 2 heterocycles. The second-order valence-electron chi connectivity index (χ2n) is 5.23. The Morgan fingerprint density at radius 1 is 1.48 bits per heavy atom. The number of ether oxygens (including phenoxy) is 2. The number of nitrogens with zero attached hydrogens (tertiary/aromatic N) is 1. The van der Waals surface area contributed by atoms with Crippen LogP contribution in [0.3, 0.4) is 0 Å². The molecule has 1 fully saturated rings. The molecule has 3 N–H and O–H groups in total. The molecule has 7 heteroatoms. The highest BCUT2D eigenvalue weighted by Gasteiger charge is 2.30. The van der Waals surface area contributed by atoms with Crippen LogP contribution >= 0.6 is 0 Å². The van der Waals surface area contributed by atoms with Crippen LogP contribution in [0.1, 0.15) is 16.8 Å². The van der Waals surface area contributed by atoms with Crippen molar-refractivity contribution in [1.29, 1.82) is 0 Å². The van der Waals surface area contributed by atoms with Gasteiger partial charge in [-0.1, -0.05) is 0 Å². The Balaban J connectivity index is 1.96. The van der Waals surface area contributed by atoms with Crippen molar-refractivity contribution in [1.82, 2.24) is 0 Å². The van der Waals surface area contributed by atoms with Gasteiger partial charge in [-0.2, -0.15) is 0 Å². The molecule has 21 heavy (non-hydrogen) atoms. The summed E-state index contributed by atoms with van der Waals surface area (Å²) >= 11 is 0. The lowest BCUT2D eigenvalue weighted by Crippen LogP contribution is -2.42. The van der Waals surface area contributed by atoms with Crippen molar-refractivity contribution in [2.75, 3.05) is 37.0 Å². The number of nitrogens with two attached hydrogens (primary N) is 1. The molecule has 1 saturated heterocycles. The van der Waals surface area contributed by atoms with Crippen LogP contribution in [0.4, 0.5) is 11.4 Å². The molecule has 1 aromatic carbocycles. The van der Waals surface area contributed by atoms with E-state index in [1.165, 1.54) is 12.1 Å². The Hall–Kier alpha value is -2.28. The number of nitrogen functional groups attached to an aromatic ring is 1. The van der Waals surface area contributed by atoms with E-state index >= 15 is 0 Å². The zero-order valence-corrected chi connectivity index (χ0v) is 11.4. The summed E-state index contributed by atoms with van der Waals surface area (Å²) in [6.07, 6.45) is 0.890. The first-order valence-electron chi connectivity index (χ1n) is 6.74. The van der Waals surface area contributed by atoms with Crippen molar-refractivity contribution in [2.45, 2.75) is 6.42 Å². The number of fused-ring (bicyclic) bond motifs is 1. The monoisotopic (exact) mass is 292 g/mol. The fraction of sp³-hybridized carbons (Fsp3) is 0.429. The van der Waals surface area contributed by atoms with Gasteiger partial charge in [0.05, 0.1) is 17.9 Å². The largest absolute Gasteiger partial charge is 0.481 e. The van der Waals surface area contributed by atoms with Gasteiger partial charge in [-0.25, -0.2) is 4.79 Å². The number of carbonyl (C=O) groups excluding carboxylic acids is 1. The van der Waals surface area contributed by atoms with E-state index in [0.29, 0.717) is 31.2 Å². The highest BCUT2D eigenvalue weighted by molar-refractivity contribution is 6.02. The number of hydrogen-bond donors (Lipinski definition) is 2. The first kappa shape index (κ1) is 13.7. The number of benzene rings is 1. The lowest BCUT2D eigenvalue weighted by Gasteiger charge is -2.31. The minimum atomic E-state index is -1.13. The Kier molecular flexibility index (Phi) is 3.42. The summed E-state index contributed by atoms with van der Waals surface area (Å²) in [6.45, 7) is 1.74. The minimum Gasteiger partial charge on any atom is -0.481 e. The van der Waals surface area contributed by atoms with Crippen LogP contribution in [-0.2, 0) is 9.53 Å². The van der Waals surface area contributed by atoms with E-state index in [-0.39, 0.29) is 29.7 Å². The molecule has 1 aromatic rings. The van der Waals surface area contributed by atoms with Gasteiger partial charge in [0, 0.05) is 30.8 Å². The smallest absolute Gasteiger partial charge is 0.337 e. The quantitative estimate of drug-likeness (QED) is 0.796. The Bertz CT molecular complexity index is 595. The maximum absolute atomic E-state index is 12.1. The number of amides is 1. The third kappa shape index (κ3) is 2.52. The summed E-state index contributed by atoms with van der Waals surface area (Å²) in [5, 5.41) is 9.16. The lowest BCUT2D eigenvalue weighted by molar-refractivity contribution is -0.121. The summed E-state index contributed by atoms with van der Waals surface area (Å²) < 4.78 is 10.7. The van der Waals surface area contributed by atoms with Gasteiger partial charge in [0.1, 0.15) is 5.75 Å². The second kappa shape index (κ2) is 5.25. The predicted octanol–water partition coefficient (Wildman–Crippen LogP) is 0.729. The minimum absolute atomic E-state index is 0.0280. The van der Waals surface area contributed by atoms with Crippen LogP contribution in [0.15, 0.2) is 12.1 Å². The summed E-state index contributed by atoms with van der Waals surface area (Å²) in [4.78, 5) is 24.9. The molecule has 2 aliphatic heterocycles. The van der Waals surface area contributed by atoms with E-state index < -0.39 is 5.97 Å². The maximum Gasteiger partial charge on any atom is 0.337 e. The number of anilines is 2. The van der Waals surface area contributed by atoms with Gasteiger partial charge in [-0.3, -0.25) is 4.79 Å². The zero-order chi connectivity index (χ0) is 15.0. The molecule has 0 spiro atoms. The summed E-state index contributed by atoms with van der Waals surface area (Å²) in [5.74, 6) is -0.616. The highest BCUT2D eigenvalue weighted by Crippen LogP contribution is 2.37. The fourth-order valence-corrected chi connectivity index (χ4v) is 2.63. The molecule has 7 nitrogen and oxygen atoms in total. The van der Waals surface area contributed by atoms with E-state index in [9.17, 15) is 9.59 Å². The van der Waals surface area contributed by atoms with E-state index in [1.54, 1.807) is 4.90 Å². The molecule has 0 bridgehead atoms. The molecule has 0 aromatic heterocycles. The number of carboxylic acid groups (broad SMARTS) is 1. The molecule has 0 radical (unpaired) electrons. The summed E-state index contributed by atoms with van der Waals surface area (Å²) in [7, 11) is 0. The van der Waals surface area contributed by atoms with Crippen molar-refractivity contribution in [3.05, 3.63) is 17.7 Å². The molecular formula is C14H16N2O5. The van der Waals surface area contributed by atoms with Gasteiger partial charge in [-0.05, 0) is 12.5 Å². The first-order chi connectivity index (χ1) is 10.1. The van der Waals surface area contributed by atoms with Gasteiger partial charge in [0.25, 0.3) is 5.91 Å². The lowest BCUT2D eigenvalue weighted by atomic mass is 10.1. The zero-order valence-electron chi connectivity index (χ0n) is 11.4. The number of carbonyl (C=O) groups is 2. The van der Waals surface area contributed by atoms with Crippen LogP contribution in [0.25, 0.3) is 0 Å². The van der Waals surface area contributed by atoms with E-state index in [4.69, 9.17) is 20.3 Å². The molecule has 0 aliphatic carbocycles. The second-order valence-corrected chi connectivity index (χ2v) is 5.23. The third-order valence-corrected chi connectivity index (χ3v) is 3.77. The van der Waals surface area contributed by atoms with Gasteiger partial charge in [0.15, 0.2) is 6.61 Å². The van der Waals surface area contributed by atoms with Crippen molar-refractivity contribution in [3.8, 4) is 5.75 Å². The Morgan fingerprint density at radius 2 is 2.29 bits per heavy atom. The molecular weight excluding hydrogens is 276 g/mol. The standard InChI is InChI=1S/C14H16N2O5/c15-10-4-12-11(3-9(10)14(18)19)16(13(17)7-21-12)5-8-1-2-20-6-8/h3-4,8H,1-2,5-7,15H2,(H,18,19).